The molecule has 2 fully saturated rings. The van der Waals surface area contributed by atoms with Gasteiger partial charge in [0.25, 0.3) is 0 Å². The zero-order valence-corrected chi connectivity index (χ0v) is 12.0. The molecule has 1 atom stereocenters. The fourth-order valence-electron chi connectivity index (χ4n) is 3.22. The van der Waals surface area contributed by atoms with Gasteiger partial charge in [-0.2, -0.15) is 0 Å². The molecule has 3 rings (SSSR count). The number of carbonyl (C=O) groups excluding carboxylic acids is 1. The summed E-state index contributed by atoms with van der Waals surface area (Å²) in [6.45, 7) is 3.73. The number of amides is 1. The van der Waals surface area contributed by atoms with Gasteiger partial charge in [0.05, 0.1) is 17.2 Å². The van der Waals surface area contributed by atoms with Crippen molar-refractivity contribution in [3.63, 3.8) is 0 Å². The molecule has 2 aliphatic rings. The van der Waals surface area contributed by atoms with Gasteiger partial charge in [0.15, 0.2) is 0 Å². The number of nitrogens with one attached hydrogen (secondary N) is 1. The van der Waals surface area contributed by atoms with Crippen LogP contribution < -0.4 is 5.32 Å². The summed E-state index contributed by atoms with van der Waals surface area (Å²) in [7, 11) is 0. The maximum absolute atomic E-state index is 12.2. The number of carbonyl (C=O) groups is 1. The second kappa shape index (κ2) is 5.21. The molecule has 104 valence electrons. The number of thiazole rings is 1. The van der Waals surface area contributed by atoms with Gasteiger partial charge >= 0.3 is 0 Å². The van der Waals surface area contributed by atoms with Gasteiger partial charge in [0, 0.05) is 24.5 Å². The van der Waals surface area contributed by atoms with E-state index in [1.807, 2.05) is 12.3 Å². The van der Waals surface area contributed by atoms with Crippen LogP contribution in [0.25, 0.3) is 0 Å². The molecule has 1 aliphatic carbocycles. The van der Waals surface area contributed by atoms with Crippen LogP contribution in [0.3, 0.4) is 0 Å². The zero-order valence-electron chi connectivity index (χ0n) is 11.2. The second-order valence-electron chi connectivity index (χ2n) is 5.86. The van der Waals surface area contributed by atoms with E-state index in [0.717, 1.165) is 44.6 Å². The van der Waals surface area contributed by atoms with E-state index in [-0.39, 0.29) is 17.9 Å². The van der Waals surface area contributed by atoms with E-state index in [1.165, 1.54) is 0 Å². The van der Waals surface area contributed by atoms with E-state index in [2.05, 4.69) is 10.3 Å². The minimum atomic E-state index is 0.0185. The highest BCUT2D eigenvalue weighted by Gasteiger charge is 2.47. The summed E-state index contributed by atoms with van der Waals surface area (Å²) in [5, 5.41) is 5.07. The van der Waals surface area contributed by atoms with E-state index in [9.17, 15) is 4.79 Å². The van der Waals surface area contributed by atoms with Crippen LogP contribution in [0.5, 0.6) is 0 Å². The van der Waals surface area contributed by atoms with Crippen molar-refractivity contribution < 1.29 is 9.53 Å². The standard InChI is InChI=1S/C14H20N2O2S/c1-10(12-8-19-9-15-12)16-13(17)11-6-14(7-11)2-4-18-5-3-14/h8-11H,2-7H2,1H3,(H,16,17). The summed E-state index contributed by atoms with van der Waals surface area (Å²) in [5.41, 5.74) is 3.17. The smallest absolute Gasteiger partial charge is 0.223 e. The lowest BCUT2D eigenvalue weighted by molar-refractivity contribution is -0.138. The molecule has 5 heteroatoms. The normalized spacial score (nSPS) is 23.8. The molecule has 1 spiro atoms. The number of hydrogen-bond acceptors (Lipinski definition) is 4. The van der Waals surface area contributed by atoms with Crippen LogP contribution in [0.1, 0.15) is 44.3 Å². The Hall–Kier alpha value is -0.940. The Morgan fingerprint density at radius 2 is 2.26 bits per heavy atom. The van der Waals surface area contributed by atoms with Gasteiger partial charge in [0.2, 0.25) is 5.91 Å². The molecule has 2 heterocycles. The molecule has 4 nitrogen and oxygen atoms in total. The van der Waals surface area contributed by atoms with Crippen molar-refractivity contribution in [2.24, 2.45) is 11.3 Å². The van der Waals surface area contributed by atoms with Crippen LogP contribution in [0.15, 0.2) is 10.9 Å². The number of nitrogens with zero attached hydrogens (tertiary/aromatic N) is 1. The quantitative estimate of drug-likeness (QED) is 0.925. The molecule has 19 heavy (non-hydrogen) atoms. The van der Waals surface area contributed by atoms with Crippen molar-refractivity contribution in [1.29, 1.82) is 0 Å². The third kappa shape index (κ3) is 2.67. The van der Waals surface area contributed by atoms with Gasteiger partial charge in [-0.05, 0) is 38.0 Å². The van der Waals surface area contributed by atoms with Crippen LogP contribution in [0.2, 0.25) is 0 Å². The fraction of sp³-hybridized carbons (Fsp3) is 0.714. The van der Waals surface area contributed by atoms with Crippen LogP contribution >= 0.6 is 11.3 Å². The molecule has 1 N–H and O–H groups in total. The number of rotatable bonds is 3. The van der Waals surface area contributed by atoms with Gasteiger partial charge < -0.3 is 10.1 Å². The van der Waals surface area contributed by atoms with Crippen LogP contribution in [-0.4, -0.2) is 24.1 Å². The van der Waals surface area contributed by atoms with Crippen molar-refractivity contribution in [2.75, 3.05) is 13.2 Å². The predicted octanol–water partition coefficient (Wildman–Crippen LogP) is 2.53. The first kappa shape index (κ1) is 13.1. The number of ether oxygens (including phenoxy) is 1. The second-order valence-corrected chi connectivity index (χ2v) is 6.58. The van der Waals surface area contributed by atoms with E-state index in [1.54, 1.807) is 16.8 Å². The van der Waals surface area contributed by atoms with Gasteiger partial charge in [0.1, 0.15) is 0 Å². The van der Waals surface area contributed by atoms with Crippen LogP contribution in [-0.2, 0) is 9.53 Å². The van der Waals surface area contributed by atoms with E-state index >= 15 is 0 Å². The molecule has 1 aromatic heterocycles. The topological polar surface area (TPSA) is 51.2 Å². The highest BCUT2D eigenvalue weighted by molar-refractivity contribution is 7.07. The monoisotopic (exact) mass is 280 g/mol. The number of aromatic nitrogens is 1. The molecular formula is C14H20N2O2S. The summed E-state index contributed by atoms with van der Waals surface area (Å²) >= 11 is 1.56. The molecule has 1 saturated heterocycles. The first-order chi connectivity index (χ1) is 9.19. The van der Waals surface area contributed by atoms with E-state index in [0.29, 0.717) is 5.41 Å². The average molecular weight is 280 g/mol. The van der Waals surface area contributed by atoms with Crippen molar-refractivity contribution >= 4 is 17.2 Å². The van der Waals surface area contributed by atoms with Crippen molar-refractivity contribution in [3.8, 4) is 0 Å². The Labute approximate surface area is 117 Å². The minimum Gasteiger partial charge on any atom is -0.381 e. The van der Waals surface area contributed by atoms with Crippen LogP contribution in [0, 0.1) is 11.3 Å². The zero-order chi connectivity index (χ0) is 13.3. The predicted molar refractivity (Wildman–Crippen MR) is 73.9 cm³/mol. The molecule has 1 aliphatic heterocycles. The SMILES string of the molecule is CC(NC(=O)C1CC2(CCOCC2)C1)c1cscn1. The van der Waals surface area contributed by atoms with E-state index in [4.69, 9.17) is 4.74 Å². The first-order valence-corrected chi connectivity index (χ1v) is 7.89. The summed E-state index contributed by atoms with van der Waals surface area (Å²) in [6, 6.07) is 0.0185. The highest BCUT2D eigenvalue weighted by Crippen LogP contribution is 2.52. The molecule has 1 saturated carbocycles. The lowest BCUT2D eigenvalue weighted by Crippen LogP contribution is -2.48. The van der Waals surface area contributed by atoms with Crippen molar-refractivity contribution in [1.82, 2.24) is 10.3 Å². The molecule has 1 amide bonds. The fourth-order valence-corrected chi connectivity index (χ4v) is 3.87. The Bertz CT molecular complexity index is 432. The molecule has 1 unspecified atom stereocenters. The Balaban J connectivity index is 1.50. The molecule has 0 bridgehead atoms. The maximum Gasteiger partial charge on any atom is 0.223 e. The first-order valence-electron chi connectivity index (χ1n) is 6.95. The van der Waals surface area contributed by atoms with Gasteiger partial charge in [-0.1, -0.05) is 0 Å². The Kier molecular flexibility index (Phi) is 3.58. The molecule has 1 aromatic rings. The summed E-state index contributed by atoms with van der Waals surface area (Å²) in [6.07, 6.45) is 4.31. The van der Waals surface area contributed by atoms with E-state index < -0.39 is 0 Å². The lowest BCUT2D eigenvalue weighted by atomic mass is 9.58. The summed E-state index contributed by atoms with van der Waals surface area (Å²) in [4.78, 5) is 16.4. The summed E-state index contributed by atoms with van der Waals surface area (Å²) in [5.74, 6) is 0.386. The molecule has 0 aromatic carbocycles. The minimum absolute atomic E-state index is 0.0185. The highest BCUT2D eigenvalue weighted by atomic mass is 32.1. The third-order valence-electron chi connectivity index (χ3n) is 4.54. The summed E-state index contributed by atoms with van der Waals surface area (Å²) < 4.78 is 5.40. The third-order valence-corrected chi connectivity index (χ3v) is 5.14. The van der Waals surface area contributed by atoms with Crippen molar-refractivity contribution in [3.05, 3.63) is 16.6 Å². The van der Waals surface area contributed by atoms with Crippen LogP contribution in [0.4, 0.5) is 0 Å². The van der Waals surface area contributed by atoms with Crippen molar-refractivity contribution in [2.45, 2.75) is 38.6 Å². The van der Waals surface area contributed by atoms with Gasteiger partial charge in [-0.15, -0.1) is 11.3 Å². The van der Waals surface area contributed by atoms with Gasteiger partial charge in [-0.25, -0.2) is 4.98 Å². The Morgan fingerprint density at radius 1 is 1.53 bits per heavy atom. The number of hydrogen-bond donors (Lipinski definition) is 1. The lowest BCUT2D eigenvalue weighted by Gasteiger charge is -2.49. The Morgan fingerprint density at radius 3 is 2.89 bits per heavy atom. The average Bonchev–Trinajstić information content (AvgIpc) is 2.90. The maximum atomic E-state index is 12.2. The molecule has 0 radical (unpaired) electrons. The molecular weight excluding hydrogens is 260 g/mol. The largest absolute Gasteiger partial charge is 0.381 e. The van der Waals surface area contributed by atoms with Gasteiger partial charge in [-0.3, -0.25) is 4.79 Å².